The molecule has 6 heteroatoms. The molecule has 0 spiro atoms. The Hall–Kier alpha value is -1.14. The van der Waals surface area contributed by atoms with Crippen molar-refractivity contribution in [3.05, 3.63) is 17.1 Å². The number of carbonyl (C=O) groups is 1. The molecule has 118 valence electrons. The third-order valence-corrected chi connectivity index (χ3v) is 3.60. The van der Waals surface area contributed by atoms with Crippen molar-refractivity contribution in [3.63, 3.8) is 0 Å². The highest BCUT2D eigenvalue weighted by atomic mass is 32.2. The zero-order valence-corrected chi connectivity index (χ0v) is 14.4. The Balaban J connectivity index is 2.90. The van der Waals surface area contributed by atoms with Gasteiger partial charge < -0.3 is 9.84 Å². The lowest BCUT2D eigenvalue weighted by atomic mass is 10.2. The van der Waals surface area contributed by atoms with Gasteiger partial charge in [0.2, 0.25) is 0 Å². The van der Waals surface area contributed by atoms with Crippen LogP contribution < -0.4 is 0 Å². The van der Waals surface area contributed by atoms with Crippen molar-refractivity contribution in [2.45, 2.75) is 58.1 Å². The molecule has 0 amide bonds. The Bertz CT molecular complexity index is 510. The molecular formula is C15H24N2O3S. The highest BCUT2D eigenvalue weighted by molar-refractivity contribution is 7.99. The molecule has 0 saturated carbocycles. The molecule has 0 unspecified atom stereocenters. The van der Waals surface area contributed by atoms with Gasteiger partial charge in [0, 0.05) is 11.7 Å². The van der Waals surface area contributed by atoms with Crippen LogP contribution in [0.15, 0.2) is 5.03 Å². The summed E-state index contributed by atoms with van der Waals surface area (Å²) in [6.45, 7) is 12.2. The monoisotopic (exact) mass is 312 g/mol. The molecule has 0 fully saturated rings. The Morgan fingerprint density at radius 1 is 1.33 bits per heavy atom. The fourth-order valence-electron chi connectivity index (χ4n) is 1.66. The number of ether oxygens (including phenoxy) is 1. The number of thioether (sulfide) groups is 1. The summed E-state index contributed by atoms with van der Waals surface area (Å²) in [7, 11) is 0. The quantitative estimate of drug-likeness (QED) is 0.492. The fraction of sp³-hybridized carbons (Fsp3) is 0.667. The van der Waals surface area contributed by atoms with Gasteiger partial charge in [-0.1, -0.05) is 13.8 Å². The second-order valence-corrected chi connectivity index (χ2v) is 7.20. The van der Waals surface area contributed by atoms with Crippen LogP contribution in [0.1, 0.15) is 62.4 Å². The van der Waals surface area contributed by atoms with Gasteiger partial charge in [-0.3, -0.25) is 0 Å². The molecule has 0 aliphatic rings. The van der Waals surface area contributed by atoms with Crippen LogP contribution in [0.2, 0.25) is 0 Å². The maximum atomic E-state index is 11.4. The average molecular weight is 312 g/mol. The van der Waals surface area contributed by atoms with E-state index < -0.39 is 5.97 Å². The van der Waals surface area contributed by atoms with Gasteiger partial charge in [0.1, 0.15) is 16.4 Å². The first kappa shape index (κ1) is 17.9. The van der Waals surface area contributed by atoms with Crippen molar-refractivity contribution in [1.29, 1.82) is 0 Å². The number of carboxylic acid groups (broad SMARTS) is 1. The van der Waals surface area contributed by atoms with E-state index in [0.29, 0.717) is 28.9 Å². The summed E-state index contributed by atoms with van der Waals surface area (Å²) in [6.07, 6.45) is 0. The highest BCUT2D eigenvalue weighted by Crippen LogP contribution is 2.25. The third kappa shape index (κ3) is 5.63. The minimum absolute atomic E-state index is 0.164. The summed E-state index contributed by atoms with van der Waals surface area (Å²) < 4.78 is 5.65. The molecule has 0 saturated heterocycles. The summed E-state index contributed by atoms with van der Waals surface area (Å²) in [4.78, 5) is 20.1. The molecule has 0 aromatic carbocycles. The summed E-state index contributed by atoms with van der Waals surface area (Å²) >= 11 is 1.40. The van der Waals surface area contributed by atoms with Crippen LogP contribution in [0, 0.1) is 6.92 Å². The summed E-state index contributed by atoms with van der Waals surface area (Å²) in [6, 6.07) is 0. The van der Waals surface area contributed by atoms with E-state index in [9.17, 15) is 9.90 Å². The first-order chi connectivity index (χ1) is 9.61. The molecule has 0 atom stereocenters. The van der Waals surface area contributed by atoms with Crippen molar-refractivity contribution in [2.75, 3.05) is 12.4 Å². The van der Waals surface area contributed by atoms with Crippen LogP contribution in [0.4, 0.5) is 0 Å². The molecule has 1 heterocycles. The van der Waals surface area contributed by atoms with E-state index in [1.807, 2.05) is 34.6 Å². The normalized spacial score (nSPS) is 12.0. The first-order valence-corrected chi connectivity index (χ1v) is 7.99. The van der Waals surface area contributed by atoms with Crippen molar-refractivity contribution in [2.24, 2.45) is 0 Å². The van der Waals surface area contributed by atoms with Gasteiger partial charge in [0.15, 0.2) is 0 Å². The molecule has 0 radical (unpaired) electrons. The van der Waals surface area contributed by atoms with Crippen LogP contribution >= 0.6 is 11.8 Å². The van der Waals surface area contributed by atoms with Gasteiger partial charge in [-0.25, -0.2) is 14.8 Å². The predicted molar refractivity (Wildman–Crippen MR) is 84.2 cm³/mol. The van der Waals surface area contributed by atoms with Gasteiger partial charge in [0.05, 0.1) is 17.9 Å². The number of hydrogen-bond donors (Lipinski definition) is 1. The molecule has 1 rings (SSSR count). The molecule has 1 N–H and O–H groups in total. The number of nitrogens with zero attached hydrogens (tertiary/aromatic N) is 2. The second-order valence-electron chi connectivity index (χ2n) is 6.12. The molecule has 0 aliphatic carbocycles. The van der Waals surface area contributed by atoms with Crippen LogP contribution in [0.25, 0.3) is 0 Å². The van der Waals surface area contributed by atoms with Gasteiger partial charge >= 0.3 is 5.97 Å². The lowest BCUT2D eigenvalue weighted by molar-refractivity contribution is 0.00692. The van der Waals surface area contributed by atoms with Gasteiger partial charge in [0.25, 0.3) is 0 Å². The van der Waals surface area contributed by atoms with Gasteiger partial charge in [-0.2, -0.15) is 0 Å². The van der Waals surface area contributed by atoms with E-state index in [-0.39, 0.29) is 17.1 Å². The Labute approximate surface area is 130 Å². The SMILES string of the molecule is Cc1nc(C(C)C)nc(SCCOC(C)(C)C)c1C(=O)O. The molecule has 0 aliphatic heterocycles. The summed E-state index contributed by atoms with van der Waals surface area (Å²) in [5, 5.41) is 9.86. The number of aromatic nitrogens is 2. The average Bonchev–Trinajstić information content (AvgIpc) is 2.32. The van der Waals surface area contributed by atoms with E-state index in [0.717, 1.165) is 0 Å². The topological polar surface area (TPSA) is 72.3 Å². The molecule has 1 aromatic heterocycles. The standard InChI is InChI=1S/C15H24N2O3S/c1-9(2)12-16-10(3)11(14(18)19)13(17-12)21-8-7-20-15(4,5)6/h9H,7-8H2,1-6H3,(H,18,19). The van der Waals surface area contributed by atoms with E-state index in [2.05, 4.69) is 9.97 Å². The van der Waals surface area contributed by atoms with Crippen molar-refractivity contribution in [1.82, 2.24) is 9.97 Å². The lowest BCUT2D eigenvalue weighted by Crippen LogP contribution is -2.20. The molecule has 1 aromatic rings. The fourth-order valence-corrected chi connectivity index (χ4v) is 2.56. The minimum Gasteiger partial charge on any atom is -0.478 e. The Morgan fingerprint density at radius 2 is 1.95 bits per heavy atom. The maximum Gasteiger partial charge on any atom is 0.340 e. The second kappa shape index (κ2) is 7.22. The maximum absolute atomic E-state index is 11.4. The van der Waals surface area contributed by atoms with E-state index in [1.54, 1.807) is 6.92 Å². The van der Waals surface area contributed by atoms with Crippen LogP contribution in [-0.2, 0) is 4.74 Å². The summed E-state index contributed by atoms with van der Waals surface area (Å²) in [5.74, 6) is 0.515. The lowest BCUT2D eigenvalue weighted by Gasteiger charge is -2.19. The zero-order valence-electron chi connectivity index (χ0n) is 13.6. The first-order valence-electron chi connectivity index (χ1n) is 7.00. The number of aryl methyl sites for hydroxylation is 1. The number of hydrogen-bond acceptors (Lipinski definition) is 5. The van der Waals surface area contributed by atoms with Gasteiger partial charge in [-0.15, -0.1) is 11.8 Å². The van der Waals surface area contributed by atoms with E-state index in [4.69, 9.17) is 4.74 Å². The minimum atomic E-state index is -0.984. The Kier molecular flexibility index (Phi) is 6.16. The molecule has 5 nitrogen and oxygen atoms in total. The largest absolute Gasteiger partial charge is 0.478 e. The van der Waals surface area contributed by atoms with Crippen molar-refractivity contribution < 1.29 is 14.6 Å². The van der Waals surface area contributed by atoms with Crippen LogP contribution in [-0.4, -0.2) is 39.0 Å². The number of aromatic carboxylic acids is 1. The molecule has 21 heavy (non-hydrogen) atoms. The summed E-state index contributed by atoms with van der Waals surface area (Å²) in [5.41, 5.74) is 0.515. The molecule has 0 bridgehead atoms. The van der Waals surface area contributed by atoms with E-state index >= 15 is 0 Å². The zero-order chi connectivity index (χ0) is 16.2. The Morgan fingerprint density at radius 3 is 2.43 bits per heavy atom. The van der Waals surface area contributed by atoms with Crippen molar-refractivity contribution in [3.8, 4) is 0 Å². The van der Waals surface area contributed by atoms with Crippen LogP contribution in [0.3, 0.4) is 0 Å². The van der Waals surface area contributed by atoms with Crippen LogP contribution in [0.5, 0.6) is 0 Å². The highest BCUT2D eigenvalue weighted by Gasteiger charge is 2.19. The van der Waals surface area contributed by atoms with Crippen molar-refractivity contribution >= 4 is 17.7 Å². The number of carboxylic acids is 1. The molecular weight excluding hydrogens is 288 g/mol. The predicted octanol–water partition coefficient (Wildman–Crippen LogP) is 3.51. The van der Waals surface area contributed by atoms with Gasteiger partial charge in [-0.05, 0) is 27.7 Å². The van der Waals surface area contributed by atoms with E-state index in [1.165, 1.54) is 11.8 Å². The number of rotatable bonds is 6. The third-order valence-electron chi connectivity index (χ3n) is 2.66. The smallest absolute Gasteiger partial charge is 0.340 e.